The largest absolute Gasteiger partial charge is 0.353 e. The van der Waals surface area contributed by atoms with E-state index in [-0.39, 0.29) is 17.9 Å². The highest BCUT2D eigenvalue weighted by molar-refractivity contribution is 5.79. The minimum Gasteiger partial charge on any atom is -0.353 e. The van der Waals surface area contributed by atoms with Crippen LogP contribution in [0.25, 0.3) is 0 Å². The van der Waals surface area contributed by atoms with Crippen LogP contribution in [0.4, 0.5) is 0 Å². The van der Waals surface area contributed by atoms with Crippen LogP contribution in [0.5, 0.6) is 0 Å². The highest BCUT2D eigenvalue weighted by Crippen LogP contribution is 2.31. The topological polar surface area (TPSA) is 72.9 Å². The van der Waals surface area contributed by atoms with Crippen LogP contribution in [0, 0.1) is 25.7 Å². The number of nitrogens with one attached hydrogen (secondary N) is 1. The van der Waals surface area contributed by atoms with Gasteiger partial charge in [0.05, 0.1) is 5.69 Å². The summed E-state index contributed by atoms with van der Waals surface area (Å²) in [5.74, 6) is 0.641. The molecule has 0 bridgehead atoms. The molecule has 1 saturated carbocycles. The first-order chi connectivity index (χ1) is 9.93. The van der Waals surface area contributed by atoms with Crippen molar-refractivity contribution in [2.24, 2.45) is 24.6 Å². The van der Waals surface area contributed by atoms with Crippen LogP contribution in [-0.2, 0) is 18.3 Å². The molecule has 1 aromatic heterocycles. The van der Waals surface area contributed by atoms with E-state index in [1.165, 1.54) is 11.3 Å². The molecule has 0 spiro atoms. The van der Waals surface area contributed by atoms with Crippen molar-refractivity contribution in [2.75, 3.05) is 6.54 Å². The molecule has 1 aliphatic rings. The maximum atomic E-state index is 12.4. The Bertz CT molecular complexity index is 509. The van der Waals surface area contributed by atoms with Gasteiger partial charge in [-0.05, 0) is 58.1 Å². The lowest BCUT2D eigenvalue weighted by atomic mass is 9.94. The van der Waals surface area contributed by atoms with Crippen molar-refractivity contribution in [3.8, 4) is 0 Å². The van der Waals surface area contributed by atoms with Crippen LogP contribution < -0.4 is 11.1 Å². The summed E-state index contributed by atoms with van der Waals surface area (Å²) in [5.41, 5.74) is 9.24. The number of carbonyl (C=O) groups is 1. The fraction of sp³-hybridized carbons (Fsp3) is 0.750. The molecule has 0 aliphatic heterocycles. The third kappa shape index (κ3) is 3.46. The van der Waals surface area contributed by atoms with Gasteiger partial charge in [-0.1, -0.05) is 6.42 Å². The van der Waals surface area contributed by atoms with E-state index in [0.29, 0.717) is 12.5 Å². The molecule has 1 unspecified atom stereocenters. The molecule has 2 rings (SSSR count). The number of hydrogen-bond donors (Lipinski definition) is 2. The fourth-order valence-electron chi connectivity index (χ4n) is 3.48. The van der Waals surface area contributed by atoms with Crippen LogP contribution in [-0.4, -0.2) is 28.3 Å². The maximum absolute atomic E-state index is 12.4. The Morgan fingerprint density at radius 1 is 1.48 bits per heavy atom. The first-order valence-corrected chi connectivity index (χ1v) is 7.93. The van der Waals surface area contributed by atoms with Gasteiger partial charge >= 0.3 is 0 Å². The van der Waals surface area contributed by atoms with Crippen molar-refractivity contribution in [1.29, 1.82) is 0 Å². The van der Waals surface area contributed by atoms with E-state index >= 15 is 0 Å². The number of nitrogens with two attached hydrogens (primary N) is 1. The Morgan fingerprint density at radius 3 is 2.76 bits per heavy atom. The van der Waals surface area contributed by atoms with Gasteiger partial charge in [0.25, 0.3) is 0 Å². The summed E-state index contributed by atoms with van der Waals surface area (Å²) < 4.78 is 1.90. The standard InChI is InChI=1S/C16H28N4O/c1-10(8-15-11(2)19-20(4)12(15)3)18-16(21)14-7-5-6-13(14)9-17/h10,13-14H,5-9,17H2,1-4H3,(H,18,21)/t10?,13-,14-/m1/s1. The lowest BCUT2D eigenvalue weighted by molar-refractivity contribution is -0.126. The van der Waals surface area contributed by atoms with Crippen LogP contribution in [0.1, 0.15) is 43.1 Å². The van der Waals surface area contributed by atoms with Crippen molar-refractivity contribution in [3.63, 3.8) is 0 Å². The second-order valence-electron chi connectivity index (χ2n) is 6.42. The van der Waals surface area contributed by atoms with Gasteiger partial charge in [0.2, 0.25) is 5.91 Å². The summed E-state index contributed by atoms with van der Waals surface area (Å²) in [7, 11) is 1.96. The van der Waals surface area contributed by atoms with Crippen LogP contribution >= 0.6 is 0 Å². The van der Waals surface area contributed by atoms with E-state index in [1.54, 1.807) is 0 Å². The van der Waals surface area contributed by atoms with E-state index in [0.717, 1.165) is 31.4 Å². The SMILES string of the molecule is Cc1nn(C)c(C)c1CC(C)NC(=O)[C@@H]1CCC[C@@H]1CN. The molecule has 0 radical (unpaired) electrons. The molecule has 0 saturated heterocycles. The molecule has 3 N–H and O–H groups in total. The molecule has 1 amide bonds. The number of rotatable bonds is 5. The lowest BCUT2D eigenvalue weighted by Crippen LogP contribution is -2.40. The van der Waals surface area contributed by atoms with Crippen LogP contribution in [0.15, 0.2) is 0 Å². The van der Waals surface area contributed by atoms with E-state index in [2.05, 4.69) is 24.3 Å². The summed E-state index contributed by atoms with van der Waals surface area (Å²) in [6.07, 6.45) is 4.02. The van der Waals surface area contributed by atoms with Gasteiger partial charge in [0.15, 0.2) is 0 Å². The molecular weight excluding hydrogens is 264 g/mol. The first-order valence-electron chi connectivity index (χ1n) is 7.93. The highest BCUT2D eigenvalue weighted by Gasteiger charge is 2.32. The summed E-state index contributed by atoms with van der Waals surface area (Å²) in [5, 5.41) is 7.60. The summed E-state index contributed by atoms with van der Waals surface area (Å²) in [6, 6.07) is 0.123. The molecule has 1 fully saturated rings. The van der Waals surface area contributed by atoms with E-state index in [9.17, 15) is 4.79 Å². The zero-order chi connectivity index (χ0) is 15.6. The summed E-state index contributed by atoms with van der Waals surface area (Å²) in [4.78, 5) is 12.4. The molecule has 1 aliphatic carbocycles. The number of nitrogens with zero attached hydrogens (tertiary/aromatic N) is 2. The monoisotopic (exact) mass is 292 g/mol. The minimum absolute atomic E-state index is 0.105. The molecule has 118 valence electrons. The smallest absolute Gasteiger partial charge is 0.223 e. The zero-order valence-corrected chi connectivity index (χ0v) is 13.6. The van der Waals surface area contributed by atoms with Crippen LogP contribution in [0.3, 0.4) is 0 Å². The van der Waals surface area contributed by atoms with Gasteiger partial charge in [0.1, 0.15) is 0 Å². The van der Waals surface area contributed by atoms with Crippen molar-refractivity contribution in [2.45, 2.75) is 52.5 Å². The number of amides is 1. The number of hydrogen-bond acceptors (Lipinski definition) is 3. The van der Waals surface area contributed by atoms with Crippen molar-refractivity contribution < 1.29 is 4.79 Å². The maximum Gasteiger partial charge on any atom is 0.223 e. The summed E-state index contributed by atoms with van der Waals surface area (Å²) >= 11 is 0. The third-order valence-corrected chi connectivity index (χ3v) is 4.86. The van der Waals surface area contributed by atoms with Gasteiger partial charge in [0, 0.05) is 24.7 Å². The zero-order valence-electron chi connectivity index (χ0n) is 13.6. The second-order valence-corrected chi connectivity index (χ2v) is 6.42. The molecule has 1 aromatic rings. The molecular formula is C16H28N4O. The van der Waals surface area contributed by atoms with Gasteiger partial charge < -0.3 is 11.1 Å². The predicted octanol–water partition coefficient (Wildman–Crippen LogP) is 1.46. The van der Waals surface area contributed by atoms with Crippen molar-refractivity contribution >= 4 is 5.91 Å². The Balaban J connectivity index is 1.95. The second kappa shape index (κ2) is 6.60. The summed E-state index contributed by atoms with van der Waals surface area (Å²) in [6.45, 7) is 6.78. The van der Waals surface area contributed by atoms with Crippen molar-refractivity contribution in [1.82, 2.24) is 15.1 Å². The van der Waals surface area contributed by atoms with Gasteiger partial charge in [-0.25, -0.2) is 0 Å². The highest BCUT2D eigenvalue weighted by atomic mass is 16.2. The van der Waals surface area contributed by atoms with E-state index in [4.69, 9.17) is 5.73 Å². The first kappa shape index (κ1) is 16.0. The number of carbonyl (C=O) groups excluding carboxylic acids is 1. The molecule has 3 atom stereocenters. The molecule has 5 heteroatoms. The molecule has 0 aromatic carbocycles. The van der Waals surface area contributed by atoms with Crippen molar-refractivity contribution in [3.05, 3.63) is 17.0 Å². The average molecular weight is 292 g/mol. The van der Waals surface area contributed by atoms with Gasteiger partial charge in [-0.15, -0.1) is 0 Å². The Labute approximate surface area is 127 Å². The number of aromatic nitrogens is 2. The molecule has 21 heavy (non-hydrogen) atoms. The predicted molar refractivity (Wildman–Crippen MR) is 83.9 cm³/mol. The lowest BCUT2D eigenvalue weighted by Gasteiger charge is -2.21. The average Bonchev–Trinajstić information content (AvgIpc) is 2.99. The third-order valence-electron chi connectivity index (χ3n) is 4.86. The fourth-order valence-corrected chi connectivity index (χ4v) is 3.48. The van der Waals surface area contributed by atoms with Gasteiger partial charge in [-0.2, -0.15) is 5.10 Å². The van der Waals surface area contributed by atoms with E-state index < -0.39 is 0 Å². The van der Waals surface area contributed by atoms with Crippen LogP contribution in [0.2, 0.25) is 0 Å². The molecule has 1 heterocycles. The Kier molecular flexibility index (Phi) is 5.04. The minimum atomic E-state index is 0.105. The van der Waals surface area contributed by atoms with E-state index in [1.807, 2.05) is 18.7 Å². The Morgan fingerprint density at radius 2 is 2.19 bits per heavy atom. The quantitative estimate of drug-likeness (QED) is 0.863. The number of aryl methyl sites for hydroxylation is 2. The molecule has 5 nitrogen and oxygen atoms in total. The normalized spacial score (nSPS) is 23.3. The Hall–Kier alpha value is -1.36. The van der Waals surface area contributed by atoms with Gasteiger partial charge in [-0.3, -0.25) is 9.48 Å².